The molecule has 0 atom stereocenters. The van der Waals surface area contributed by atoms with Crippen molar-refractivity contribution in [1.29, 1.82) is 0 Å². The predicted octanol–water partition coefficient (Wildman–Crippen LogP) is -3.31. The van der Waals surface area contributed by atoms with E-state index in [1.807, 2.05) is 0 Å². The first-order valence-corrected chi connectivity index (χ1v) is 0. The molecule has 0 heterocycles. The van der Waals surface area contributed by atoms with Crippen LogP contribution in [0.3, 0.4) is 0 Å². The van der Waals surface area contributed by atoms with E-state index in [-0.39, 0.29) is 92.2 Å². The third kappa shape index (κ3) is 65.8. The van der Waals surface area contributed by atoms with Gasteiger partial charge in [-0.2, -0.15) is 0 Å². The Balaban J connectivity index is 0. The number of rotatable bonds is 0. The van der Waals surface area contributed by atoms with E-state index in [4.69, 9.17) is 0 Å². The minimum Gasteiger partial charge on any atom is -0.412 e. The molecule has 0 fully saturated rings. The molecule has 0 saturated heterocycles. The summed E-state index contributed by atoms with van der Waals surface area (Å²) in [7, 11) is 0. The van der Waals surface area contributed by atoms with Crippen LogP contribution in [0.5, 0.6) is 0 Å². The van der Waals surface area contributed by atoms with E-state index in [0.717, 1.165) is 0 Å². The predicted molar refractivity (Wildman–Crippen MR) is 14.5 cm³/mol. The van der Waals surface area contributed by atoms with Crippen LogP contribution < -0.4 is 0 Å². The molecule has 0 rings (SSSR count). The van der Waals surface area contributed by atoms with Gasteiger partial charge in [-0.1, -0.05) is 0 Å². The fraction of sp³-hybridized carbons (Fsp3) is 0. The quantitative estimate of drug-likeness (QED) is 0.416. The van der Waals surface area contributed by atoms with Gasteiger partial charge in [0.2, 0.25) is 0 Å². The first kappa shape index (κ1) is 129. The van der Waals surface area contributed by atoms with Crippen LogP contribution in [0, 0.1) is 0 Å². The average molecular weight is 304 g/mol. The van der Waals surface area contributed by atoms with Crippen LogP contribution in [-0.4, -0.2) is 21.9 Å². The number of hydrogen-bond acceptors (Lipinski definition) is 0. The molecule has 0 unspecified atom stereocenters. The molecule has 7 heavy (non-hydrogen) atoms. The molecule has 0 aliphatic rings. The van der Waals surface area contributed by atoms with Gasteiger partial charge in [0.05, 0.1) is 0 Å². The van der Waals surface area contributed by atoms with Crippen LogP contribution in [0.1, 0.15) is 0 Å². The first-order chi connectivity index (χ1) is 0. The van der Waals surface area contributed by atoms with Crippen molar-refractivity contribution >= 4 is 0 Å². The maximum absolute atomic E-state index is 0. The SMILES string of the molecule is O.O.O.O.[Nb].[Ti].[Zr]. The molecule has 0 amide bonds. The van der Waals surface area contributed by atoms with Crippen molar-refractivity contribution in [3.05, 3.63) is 0 Å². The van der Waals surface area contributed by atoms with Gasteiger partial charge in [0.15, 0.2) is 0 Å². The summed E-state index contributed by atoms with van der Waals surface area (Å²) in [5.41, 5.74) is 0. The smallest absolute Gasteiger partial charge is 0 e. The average Bonchev–Trinajstić information content (AvgIpc) is 0. The van der Waals surface area contributed by atoms with Crippen LogP contribution in [0.15, 0.2) is 0 Å². The second-order valence-electron chi connectivity index (χ2n) is 0. The summed E-state index contributed by atoms with van der Waals surface area (Å²) in [4.78, 5) is 0. The molecule has 8 N–H and O–H groups in total. The zero-order chi connectivity index (χ0) is 0. The summed E-state index contributed by atoms with van der Waals surface area (Å²) in [6.07, 6.45) is 0. The normalized spacial score (nSPS) is 0. The van der Waals surface area contributed by atoms with E-state index in [9.17, 15) is 0 Å². The Morgan fingerprint density at radius 3 is 0.571 bits per heavy atom. The molecule has 7 heteroatoms. The molecule has 0 aromatic rings. The summed E-state index contributed by atoms with van der Waals surface area (Å²) in [5.74, 6) is 0. The summed E-state index contributed by atoms with van der Waals surface area (Å²) >= 11 is 0. The van der Waals surface area contributed by atoms with Crippen molar-refractivity contribution in [2.24, 2.45) is 0 Å². The van der Waals surface area contributed by atoms with Gasteiger partial charge in [-0.3, -0.25) is 0 Å². The molecule has 0 spiro atoms. The maximum Gasteiger partial charge on any atom is 0 e. The van der Waals surface area contributed by atoms with Crippen LogP contribution in [0.25, 0.3) is 0 Å². The molecular weight excluding hydrogens is 296 g/mol. The Labute approximate surface area is 91.2 Å². The van der Waals surface area contributed by atoms with Crippen molar-refractivity contribution in [3.8, 4) is 0 Å². The molecule has 0 aliphatic carbocycles. The van der Waals surface area contributed by atoms with E-state index < -0.39 is 0 Å². The molecule has 0 aromatic carbocycles. The monoisotopic (exact) mass is 303 g/mol. The van der Waals surface area contributed by atoms with Crippen LogP contribution >= 0.6 is 0 Å². The third-order valence-electron chi connectivity index (χ3n) is 0. The molecule has 4 nitrogen and oxygen atoms in total. The number of hydrogen-bond donors (Lipinski definition) is 0. The molecule has 0 bridgehead atoms. The van der Waals surface area contributed by atoms with E-state index in [1.54, 1.807) is 0 Å². The molecule has 0 aromatic heterocycles. The van der Waals surface area contributed by atoms with Crippen LogP contribution in [0.4, 0.5) is 0 Å². The molecule has 0 saturated carbocycles. The van der Waals surface area contributed by atoms with Crippen LogP contribution in [-0.2, 0) is 70.3 Å². The van der Waals surface area contributed by atoms with Gasteiger partial charge in [0.1, 0.15) is 0 Å². The molecular formula is H8NbO4TiZr. The fourth-order valence-electron chi connectivity index (χ4n) is 0. The second kappa shape index (κ2) is 88.8. The summed E-state index contributed by atoms with van der Waals surface area (Å²) in [6.45, 7) is 0. The van der Waals surface area contributed by atoms with Crippen molar-refractivity contribution < 1.29 is 92.2 Å². The molecule has 1 radical (unpaired) electrons. The van der Waals surface area contributed by atoms with Gasteiger partial charge in [0.25, 0.3) is 0 Å². The zero-order valence-corrected chi connectivity index (χ0v) is 9.67. The van der Waals surface area contributed by atoms with Crippen molar-refractivity contribution in [3.63, 3.8) is 0 Å². The van der Waals surface area contributed by atoms with Gasteiger partial charge in [-0.15, -0.1) is 0 Å². The van der Waals surface area contributed by atoms with E-state index in [1.165, 1.54) is 0 Å². The van der Waals surface area contributed by atoms with E-state index >= 15 is 0 Å². The van der Waals surface area contributed by atoms with Crippen molar-refractivity contribution in [2.45, 2.75) is 0 Å². The fourth-order valence-corrected chi connectivity index (χ4v) is 0. The Hall–Kier alpha value is 2.18. The largest absolute Gasteiger partial charge is 0.412 e. The Kier molecular flexibility index (Phi) is 1640. The third-order valence-corrected chi connectivity index (χ3v) is 0. The summed E-state index contributed by atoms with van der Waals surface area (Å²) in [6, 6.07) is 0. The van der Waals surface area contributed by atoms with Crippen molar-refractivity contribution in [1.82, 2.24) is 0 Å². The van der Waals surface area contributed by atoms with Gasteiger partial charge in [0, 0.05) is 70.3 Å². The van der Waals surface area contributed by atoms with Crippen LogP contribution in [0.2, 0.25) is 0 Å². The van der Waals surface area contributed by atoms with E-state index in [2.05, 4.69) is 0 Å². The van der Waals surface area contributed by atoms with Gasteiger partial charge >= 0.3 is 0 Å². The van der Waals surface area contributed by atoms with Gasteiger partial charge in [-0.05, 0) is 0 Å². The Morgan fingerprint density at radius 1 is 0.571 bits per heavy atom. The van der Waals surface area contributed by atoms with Gasteiger partial charge in [-0.25, -0.2) is 0 Å². The van der Waals surface area contributed by atoms with Crippen molar-refractivity contribution in [2.75, 3.05) is 0 Å². The Morgan fingerprint density at radius 2 is 0.571 bits per heavy atom. The topological polar surface area (TPSA) is 126 Å². The summed E-state index contributed by atoms with van der Waals surface area (Å²) < 4.78 is 0. The summed E-state index contributed by atoms with van der Waals surface area (Å²) in [5, 5.41) is 0. The maximum atomic E-state index is 0. The second-order valence-corrected chi connectivity index (χ2v) is 0. The minimum absolute atomic E-state index is 0. The van der Waals surface area contributed by atoms with Gasteiger partial charge < -0.3 is 21.9 Å². The zero-order valence-electron chi connectivity index (χ0n) is 3.45. The first-order valence-electron chi connectivity index (χ1n) is 0. The standard InChI is InChI=1S/Nb.4H2O.Ti.Zr/h;4*1H2;;. The Bertz CT molecular complexity index is 11.7. The minimum atomic E-state index is 0. The molecule has 0 aliphatic heterocycles. The van der Waals surface area contributed by atoms with E-state index in [0.29, 0.717) is 0 Å². The molecule has 45 valence electrons.